The zero-order valence-electron chi connectivity index (χ0n) is 14.4. The normalized spacial score (nSPS) is 20.4. The lowest BCUT2D eigenvalue weighted by molar-refractivity contribution is -0.140. The van der Waals surface area contributed by atoms with Crippen molar-refractivity contribution in [2.24, 2.45) is 0 Å². The van der Waals surface area contributed by atoms with Crippen molar-refractivity contribution >= 4 is 40.9 Å². The number of carbonyl (C=O) groups excluding carboxylic acids is 1. The number of hydrogen-bond acceptors (Lipinski definition) is 6. The Morgan fingerprint density at radius 3 is 2.65 bits per heavy atom. The van der Waals surface area contributed by atoms with Crippen molar-refractivity contribution in [3.8, 4) is 11.4 Å². The van der Waals surface area contributed by atoms with Crippen LogP contribution in [0.15, 0.2) is 23.4 Å². The van der Waals surface area contributed by atoms with Crippen molar-refractivity contribution in [1.82, 2.24) is 19.8 Å². The number of aromatic nitrogens is 3. The number of nitrogens with zero attached hydrogens (tertiary/aromatic N) is 4. The van der Waals surface area contributed by atoms with Gasteiger partial charge in [0.2, 0.25) is 11.1 Å². The zero-order chi connectivity index (χ0) is 18.8. The number of amides is 1. The maximum absolute atomic E-state index is 12.5. The molecule has 0 saturated carbocycles. The summed E-state index contributed by atoms with van der Waals surface area (Å²) >= 11 is 13.4. The highest BCUT2D eigenvalue weighted by atomic mass is 35.5. The molecule has 0 bridgehead atoms. The average Bonchev–Trinajstić information content (AvgIpc) is 2.92. The molecule has 0 spiro atoms. The van der Waals surface area contributed by atoms with Crippen LogP contribution in [0.4, 0.5) is 0 Å². The Balaban J connectivity index is 1.68. The summed E-state index contributed by atoms with van der Waals surface area (Å²) in [5, 5.41) is 9.55. The average molecular weight is 416 g/mol. The largest absolute Gasteiger partial charge is 0.372 e. The van der Waals surface area contributed by atoms with Crippen molar-refractivity contribution < 1.29 is 9.53 Å². The Kier molecular flexibility index (Phi) is 5.96. The van der Waals surface area contributed by atoms with E-state index in [0.717, 1.165) is 0 Å². The molecule has 1 aromatic carbocycles. The first-order valence-electron chi connectivity index (χ1n) is 8.07. The number of halogens is 2. The number of carbonyl (C=O) groups is 1. The molecule has 140 valence electrons. The molecule has 2 atom stereocenters. The summed E-state index contributed by atoms with van der Waals surface area (Å²) in [7, 11) is 0. The Hall–Kier alpha value is -1.48. The maximum atomic E-state index is 12.5. The Labute approximate surface area is 165 Å². The van der Waals surface area contributed by atoms with E-state index in [1.165, 1.54) is 16.4 Å². The number of hydrogen-bond donors (Lipinski definition) is 1. The SMILES string of the molecule is C[C@H]1CN(C(=O)CSc2nnc(-c3ccc(Cl)cc3Cl)n2N)C[C@H](C)O1. The van der Waals surface area contributed by atoms with Gasteiger partial charge in [-0.15, -0.1) is 10.2 Å². The van der Waals surface area contributed by atoms with Crippen LogP contribution in [0.2, 0.25) is 10.0 Å². The lowest BCUT2D eigenvalue weighted by Gasteiger charge is -2.35. The Bertz CT molecular complexity index is 806. The van der Waals surface area contributed by atoms with Crippen LogP contribution in [0.3, 0.4) is 0 Å². The van der Waals surface area contributed by atoms with Gasteiger partial charge in [0.1, 0.15) is 0 Å². The molecule has 1 aliphatic heterocycles. The van der Waals surface area contributed by atoms with Crippen LogP contribution >= 0.6 is 35.0 Å². The van der Waals surface area contributed by atoms with Crippen LogP contribution < -0.4 is 5.84 Å². The minimum atomic E-state index is 0.0195. The predicted octanol–water partition coefficient (Wildman–Crippen LogP) is 2.69. The van der Waals surface area contributed by atoms with Gasteiger partial charge in [-0.05, 0) is 32.0 Å². The molecule has 0 aliphatic carbocycles. The van der Waals surface area contributed by atoms with E-state index in [1.807, 2.05) is 13.8 Å². The zero-order valence-corrected chi connectivity index (χ0v) is 16.7. The summed E-state index contributed by atoms with van der Waals surface area (Å²) in [6.07, 6.45) is 0.0639. The van der Waals surface area contributed by atoms with E-state index >= 15 is 0 Å². The predicted molar refractivity (Wildman–Crippen MR) is 103 cm³/mol. The van der Waals surface area contributed by atoms with E-state index in [4.69, 9.17) is 33.8 Å². The van der Waals surface area contributed by atoms with Crippen LogP contribution in [0.25, 0.3) is 11.4 Å². The van der Waals surface area contributed by atoms with Crippen LogP contribution in [0, 0.1) is 0 Å². The second-order valence-electron chi connectivity index (χ2n) is 6.15. The highest BCUT2D eigenvalue weighted by Gasteiger charge is 2.26. The van der Waals surface area contributed by atoms with E-state index in [0.29, 0.717) is 39.7 Å². The third-order valence-corrected chi connectivity index (χ3v) is 5.41. The van der Waals surface area contributed by atoms with Gasteiger partial charge in [-0.1, -0.05) is 35.0 Å². The highest BCUT2D eigenvalue weighted by molar-refractivity contribution is 7.99. The smallest absolute Gasteiger partial charge is 0.233 e. The Morgan fingerprint density at radius 1 is 1.31 bits per heavy atom. The fourth-order valence-electron chi connectivity index (χ4n) is 2.83. The molecule has 26 heavy (non-hydrogen) atoms. The van der Waals surface area contributed by atoms with Gasteiger partial charge in [0, 0.05) is 23.7 Å². The fourth-order valence-corrected chi connectivity index (χ4v) is 4.08. The molecule has 0 unspecified atom stereocenters. The standard InChI is InChI=1S/C16H19Cl2N5O2S/c1-9-6-22(7-10(2)25-9)14(24)8-26-16-21-20-15(23(16)19)12-4-3-11(17)5-13(12)18/h3-5,9-10H,6-8,19H2,1-2H3/t9-,10-/m0/s1. The summed E-state index contributed by atoms with van der Waals surface area (Å²) in [6, 6.07) is 5.05. The third kappa shape index (κ3) is 4.25. The minimum Gasteiger partial charge on any atom is -0.372 e. The summed E-state index contributed by atoms with van der Waals surface area (Å²) in [4.78, 5) is 14.3. The second-order valence-corrected chi connectivity index (χ2v) is 7.93. The van der Waals surface area contributed by atoms with Gasteiger partial charge in [-0.3, -0.25) is 4.79 Å². The van der Waals surface area contributed by atoms with Crippen molar-refractivity contribution in [2.75, 3.05) is 24.7 Å². The number of thioether (sulfide) groups is 1. The fraction of sp³-hybridized carbons (Fsp3) is 0.438. The number of benzene rings is 1. The Morgan fingerprint density at radius 2 is 2.00 bits per heavy atom. The molecule has 3 rings (SSSR count). The van der Waals surface area contributed by atoms with E-state index in [-0.39, 0.29) is 23.9 Å². The monoisotopic (exact) mass is 415 g/mol. The maximum Gasteiger partial charge on any atom is 0.233 e. The molecule has 1 fully saturated rings. The van der Waals surface area contributed by atoms with Crippen LogP contribution in [-0.4, -0.2) is 56.7 Å². The van der Waals surface area contributed by atoms with Gasteiger partial charge in [0.25, 0.3) is 0 Å². The molecule has 2 N–H and O–H groups in total. The number of morpholine rings is 1. The van der Waals surface area contributed by atoms with Crippen molar-refractivity contribution in [3.63, 3.8) is 0 Å². The van der Waals surface area contributed by atoms with E-state index in [2.05, 4.69) is 10.2 Å². The highest BCUT2D eigenvalue weighted by Crippen LogP contribution is 2.30. The molecule has 1 saturated heterocycles. The molecular formula is C16H19Cl2N5O2S. The van der Waals surface area contributed by atoms with Gasteiger partial charge < -0.3 is 15.5 Å². The van der Waals surface area contributed by atoms with Gasteiger partial charge >= 0.3 is 0 Å². The minimum absolute atomic E-state index is 0.0195. The number of ether oxygens (including phenoxy) is 1. The molecule has 0 radical (unpaired) electrons. The van der Waals surface area contributed by atoms with E-state index in [9.17, 15) is 4.79 Å². The van der Waals surface area contributed by atoms with Crippen molar-refractivity contribution in [3.05, 3.63) is 28.2 Å². The van der Waals surface area contributed by atoms with Crippen LogP contribution in [-0.2, 0) is 9.53 Å². The first-order valence-corrected chi connectivity index (χ1v) is 9.81. The summed E-state index contributed by atoms with van der Waals surface area (Å²) in [5.74, 6) is 6.74. The van der Waals surface area contributed by atoms with Gasteiger partial charge in [-0.2, -0.15) is 0 Å². The molecule has 7 nitrogen and oxygen atoms in total. The van der Waals surface area contributed by atoms with Crippen molar-refractivity contribution in [2.45, 2.75) is 31.2 Å². The van der Waals surface area contributed by atoms with Crippen molar-refractivity contribution in [1.29, 1.82) is 0 Å². The van der Waals surface area contributed by atoms with E-state index in [1.54, 1.807) is 23.1 Å². The lowest BCUT2D eigenvalue weighted by atomic mass is 10.2. The number of nitrogen functional groups attached to an aromatic ring is 1. The molecule has 10 heteroatoms. The van der Waals surface area contributed by atoms with Gasteiger partial charge in [0.05, 0.1) is 23.0 Å². The summed E-state index contributed by atoms with van der Waals surface area (Å²) in [5.41, 5.74) is 0.625. The first-order chi connectivity index (χ1) is 12.3. The number of rotatable bonds is 4. The van der Waals surface area contributed by atoms with E-state index < -0.39 is 0 Å². The molecule has 2 heterocycles. The number of nitrogens with two attached hydrogens (primary N) is 1. The first kappa shape index (κ1) is 19.3. The molecule has 1 aliphatic rings. The summed E-state index contributed by atoms with van der Waals surface area (Å²) < 4.78 is 6.98. The van der Waals surface area contributed by atoms with Crippen LogP contribution in [0.1, 0.15) is 13.8 Å². The molecule has 1 amide bonds. The van der Waals surface area contributed by atoms with Crippen LogP contribution in [0.5, 0.6) is 0 Å². The quantitative estimate of drug-likeness (QED) is 0.609. The molecule has 1 aromatic heterocycles. The van der Waals surface area contributed by atoms with Gasteiger partial charge in [0.15, 0.2) is 5.82 Å². The topological polar surface area (TPSA) is 86.3 Å². The molecular weight excluding hydrogens is 397 g/mol. The lowest BCUT2D eigenvalue weighted by Crippen LogP contribution is -2.48. The van der Waals surface area contributed by atoms with Gasteiger partial charge in [-0.25, -0.2) is 4.68 Å². The summed E-state index contributed by atoms with van der Waals surface area (Å²) in [6.45, 7) is 5.10. The molecule has 2 aromatic rings. The third-order valence-electron chi connectivity index (χ3n) is 3.93. The second kappa shape index (κ2) is 8.04.